The summed E-state index contributed by atoms with van der Waals surface area (Å²) in [6.07, 6.45) is 2.38. The van der Waals surface area contributed by atoms with E-state index in [0.717, 1.165) is 12.8 Å². The molecule has 0 saturated heterocycles. The highest BCUT2D eigenvalue weighted by Gasteiger charge is 2.15. The van der Waals surface area contributed by atoms with Gasteiger partial charge in [0.05, 0.1) is 6.61 Å². The number of ether oxygens (including phenoxy) is 1. The fourth-order valence-corrected chi connectivity index (χ4v) is 1.21. The van der Waals surface area contributed by atoms with E-state index in [1.54, 1.807) is 6.92 Å². The molecule has 0 amide bonds. The zero-order chi connectivity index (χ0) is 12.0. The highest BCUT2D eigenvalue weighted by atomic mass is 16.5. The number of nitrogens with two attached hydrogens (primary N) is 1. The van der Waals surface area contributed by atoms with Crippen molar-refractivity contribution in [1.29, 1.82) is 0 Å². The molecule has 0 aliphatic carbocycles. The van der Waals surface area contributed by atoms with Crippen LogP contribution in [0.5, 0.6) is 0 Å². The van der Waals surface area contributed by atoms with E-state index in [9.17, 15) is 4.79 Å². The lowest BCUT2D eigenvalue weighted by Crippen LogP contribution is -2.14. The zero-order valence-corrected chi connectivity index (χ0v) is 9.60. The summed E-state index contributed by atoms with van der Waals surface area (Å²) in [6, 6.07) is 0.160. The van der Waals surface area contributed by atoms with E-state index < -0.39 is 5.97 Å². The number of aryl methyl sites for hydroxylation is 1. The van der Waals surface area contributed by atoms with Crippen molar-refractivity contribution in [3.63, 3.8) is 0 Å². The van der Waals surface area contributed by atoms with Gasteiger partial charge in [-0.05, 0) is 31.8 Å². The van der Waals surface area contributed by atoms with Crippen molar-refractivity contribution < 1.29 is 14.1 Å². The highest BCUT2D eigenvalue weighted by Crippen LogP contribution is 2.05. The maximum atomic E-state index is 11.2. The SMILES string of the molecule is CCOC(=O)c1noc(CCCC(C)N)n1. The monoisotopic (exact) mass is 227 g/mol. The van der Waals surface area contributed by atoms with Crippen LogP contribution in [0.25, 0.3) is 0 Å². The molecule has 1 unspecified atom stereocenters. The van der Waals surface area contributed by atoms with Crippen molar-refractivity contribution in [3.05, 3.63) is 11.7 Å². The molecule has 2 N–H and O–H groups in total. The van der Waals surface area contributed by atoms with E-state index in [1.807, 2.05) is 6.92 Å². The molecule has 1 heterocycles. The molecule has 0 saturated carbocycles. The van der Waals surface area contributed by atoms with Gasteiger partial charge in [0.25, 0.3) is 5.82 Å². The molecule has 6 nitrogen and oxygen atoms in total. The molecule has 0 aromatic carbocycles. The number of rotatable bonds is 6. The van der Waals surface area contributed by atoms with Gasteiger partial charge < -0.3 is 15.0 Å². The van der Waals surface area contributed by atoms with E-state index in [4.69, 9.17) is 15.0 Å². The van der Waals surface area contributed by atoms with E-state index >= 15 is 0 Å². The molecule has 1 aromatic rings. The molecule has 16 heavy (non-hydrogen) atoms. The van der Waals surface area contributed by atoms with Gasteiger partial charge in [0, 0.05) is 12.5 Å². The number of hydrogen-bond acceptors (Lipinski definition) is 6. The Balaban J connectivity index is 2.42. The maximum absolute atomic E-state index is 11.2. The lowest BCUT2D eigenvalue weighted by atomic mass is 10.1. The molecule has 0 radical (unpaired) electrons. The lowest BCUT2D eigenvalue weighted by molar-refractivity contribution is 0.0508. The first-order valence-corrected chi connectivity index (χ1v) is 5.38. The van der Waals surface area contributed by atoms with Crippen LogP contribution in [-0.4, -0.2) is 28.8 Å². The summed E-state index contributed by atoms with van der Waals surface area (Å²) in [5.41, 5.74) is 5.61. The van der Waals surface area contributed by atoms with E-state index in [1.165, 1.54) is 0 Å². The topological polar surface area (TPSA) is 91.2 Å². The van der Waals surface area contributed by atoms with Crippen LogP contribution in [0.4, 0.5) is 0 Å². The largest absolute Gasteiger partial charge is 0.460 e. The van der Waals surface area contributed by atoms with E-state index in [-0.39, 0.29) is 11.9 Å². The van der Waals surface area contributed by atoms with Crippen molar-refractivity contribution >= 4 is 5.97 Å². The molecule has 6 heteroatoms. The Morgan fingerprint density at radius 3 is 3.00 bits per heavy atom. The molecule has 0 spiro atoms. The van der Waals surface area contributed by atoms with Gasteiger partial charge in [0.15, 0.2) is 0 Å². The number of nitrogens with zero attached hydrogens (tertiary/aromatic N) is 2. The quantitative estimate of drug-likeness (QED) is 0.726. The van der Waals surface area contributed by atoms with Crippen molar-refractivity contribution in [2.45, 2.75) is 39.2 Å². The Bertz CT molecular complexity index is 336. The molecular weight excluding hydrogens is 210 g/mol. The summed E-state index contributed by atoms with van der Waals surface area (Å²) >= 11 is 0. The molecule has 1 atom stereocenters. The van der Waals surface area contributed by atoms with Gasteiger partial charge in [-0.2, -0.15) is 4.98 Å². The Morgan fingerprint density at radius 2 is 2.38 bits per heavy atom. The number of carbonyl (C=O) groups is 1. The zero-order valence-electron chi connectivity index (χ0n) is 9.60. The van der Waals surface area contributed by atoms with Crippen LogP contribution in [0.1, 0.15) is 43.2 Å². The second-order valence-corrected chi connectivity index (χ2v) is 3.60. The highest BCUT2D eigenvalue weighted by molar-refractivity contribution is 5.84. The Labute approximate surface area is 94.2 Å². The first-order valence-electron chi connectivity index (χ1n) is 5.38. The van der Waals surface area contributed by atoms with Crippen LogP contribution in [0.15, 0.2) is 4.52 Å². The average Bonchev–Trinajstić information content (AvgIpc) is 2.66. The van der Waals surface area contributed by atoms with Gasteiger partial charge in [-0.1, -0.05) is 0 Å². The van der Waals surface area contributed by atoms with Crippen molar-refractivity contribution in [3.8, 4) is 0 Å². The molecule has 0 bridgehead atoms. The van der Waals surface area contributed by atoms with Crippen LogP contribution in [0.3, 0.4) is 0 Å². The Hall–Kier alpha value is -1.43. The van der Waals surface area contributed by atoms with Crippen molar-refractivity contribution in [2.24, 2.45) is 5.73 Å². The predicted octanol–water partition coefficient (Wildman–Crippen LogP) is 0.916. The lowest BCUT2D eigenvalue weighted by Gasteiger charge is -2.00. The van der Waals surface area contributed by atoms with Crippen LogP contribution >= 0.6 is 0 Å². The van der Waals surface area contributed by atoms with Gasteiger partial charge >= 0.3 is 5.97 Å². The van der Waals surface area contributed by atoms with Crippen LogP contribution < -0.4 is 5.73 Å². The minimum Gasteiger partial charge on any atom is -0.460 e. The van der Waals surface area contributed by atoms with Gasteiger partial charge in [0.1, 0.15) is 0 Å². The van der Waals surface area contributed by atoms with Gasteiger partial charge in [0.2, 0.25) is 5.89 Å². The second kappa shape index (κ2) is 6.22. The molecule has 90 valence electrons. The van der Waals surface area contributed by atoms with E-state index in [2.05, 4.69) is 10.1 Å². The van der Waals surface area contributed by atoms with Crippen LogP contribution in [0.2, 0.25) is 0 Å². The molecule has 1 aromatic heterocycles. The maximum Gasteiger partial charge on any atom is 0.379 e. The first-order chi connectivity index (χ1) is 7.63. The molecule has 0 aliphatic rings. The second-order valence-electron chi connectivity index (χ2n) is 3.60. The summed E-state index contributed by atoms with van der Waals surface area (Å²) in [5.74, 6) is -0.119. The van der Waals surface area contributed by atoms with Gasteiger partial charge in [-0.25, -0.2) is 4.79 Å². The van der Waals surface area contributed by atoms with Crippen LogP contribution in [-0.2, 0) is 11.2 Å². The molecule has 0 aliphatic heterocycles. The smallest absolute Gasteiger partial charge is 0.379 e. The van der Waals surface area contributed by atoms with Crippen LogP contribution in [0, 0.1) is 0 Å². The summed E-state index contributed by atoms with van der Waals surface area (Å²) < 4.78 is 9.65. The predicted molar refractivity (Wildman–Crippen MR) is 56.8 cm³/mol. The number of esters is 1. The fourth-order valence-electron chi connectivity index (χ4n) is 1.21. The molecule has 1 rings (SSSR count). The van der Waals surface area contributed by atoms with Gasteiger partial charge in [-0.15, -0.1) is 0 Å². The summed E-state index contributed by atoms with van der Waals surface area (Å²) in [4.78, 5) is 15.1. The van der Waals surface area contributed by atoms with Crippen molar-refractivity contribution in [1.82, 2.24) is 10.1 Å². The number of carbonyl (C=O) groups excluding carboxylic acids is 1. The third-order valence-corrected chi connectivity index (χ3v) is 1.98. The number of aromatic nitrogens is 2. The normalized spacial score (nSPS) is 12.4. The Kier molecular flexibility index (Phi) is 4.91. The summed E-state index contributed by atoms with van der Waals surface area (Å²) in [7, 11) is 0. The minimum absolute atomic E-state index is 0.0161. The first kappa shape index (κ1) is 12.6. The number of hydrogen-bond donors (Lipinski definition) is 1. The molecular formula is C10H17N3O3. The standard InChI is InChI=1S/C10H17N3O3/c1-3-15-10(14)9-12-8(16-13-9)6-4-5-7(2)11/h7H,3-6,11H2,1-2H3. The fraction of sp³-hybridized carbons (Fsp3) is 0.700. The average molecular weight is 227 g/mol. The van der Waals surface area contributed by atoms with E-state index in [0.29, 0.717) is 18.9 Å². The van der Waals surface area contributed by atoms with Crippen molar-refractivity contribution in [2.75, 3.05) is 6.61 Å². The Morgan fingerprint density at radius 1 is 1.62 bits per heavy atom. The third kappa shape index (κ3) is 3.98. The van der Waals surface area contributed by atoms with Gasteiger partial charge in [-0.3, -0.25) is 0 Å². The summed E-state index contributed by atoms with van der Waals surface area (Å²) in [5, 5.41) is 3.54. The third-order valence-electron chi connectivity index (χ3n) is 1.98. The summed E-state index contributed by atoms with van der Waals surface area (Å²) in [6.45, 7) is 3.97. The minimum atomic E-state index is -0.551. The molecule has 0 fully saturated rings.